The van der Waals surface area contributed by atoms with Gasteiger partial charge in [0.2, 0.25) is 0 Å². The molecule has 1 N–H and O–H groups in total. The Hall–Kier alpha value is -1.93. The molecule has 2 aromatic carbocycles. The van der Waals surface area contributed by atoms with Gasteiger partial charge < -0.3 is 10.1 Å². The number of rotatable bonds is 5. The lowest BCUT2D eigenvalue weighted by Crippen LogP contribution is -2.31. The van der Waals surface area contributed by atoms with Crippen molar-refractivity contribution in [2.24, 2.45) is 0 Å². The van der Waals surface area contributed by atoms with E-state index in [1.807, 2.05) is 13.0 Å². The maximum Gasteiger partial charge on any atom is 0.258 e. The fourth-order valence-electron chi connectivity index (χ4n) is 1.98. The summed E-state index contributed by atoms with van der Waals surface area (Å²) >= 11 is 17.8. The average molecular weight is 384 g/mol. The molecular formula is C17H13Cl3N2O2. The molecule has 0 aliphatic rings. The van der Waals surface area contributed by atoms with Gasteiger partial charge in [-0.25, -0.2) is 0 Å². The van der Waals surface area contributed by atoms with E-state index in [0.29, 0.717) is 21.4 Å². The topological polar surface area (TPSA) is 62.1 Å². The fourth-order valence-corrected chi connectivity index (χ4v) is 2.52. The third kappa shape index (κ3) is 4.78. The molecule has 0 saturated heterocycles. The van der Waals surface area contributed by atoms with Gasteiger partial charge in [-0.2, -0.15) is 5.26 Å². The Labute approximate surface area is 154 Å². The lowest BCUT2D eigenvalue weighted by atomic mass is 10.1. The second-order valence-electron chi connectivity index (χ2n) is 5.01. The number of ether oxygens (including phenoxy) is 1. The zero-order valence-electron chi connectivity index (χ0n) is 12.6. The van der Waals surface area contributed by atoms with E-state index in [4.69, 9.17) is 44.8 Å². The van der Waals surface area contributed by atoms with Gasteiger partial charge in [-0.05, 0) is 42.8 Å². The van der Waals surface area contributed by atoms with Crippen LogP contribution in [-0.4, -0.2) is 12.5 Å². The highest BCUT2D eigenvalue weighted by Gasteiger charge is 2.12. The highest BCUT2D eigenvalue weighted by molar-refractivity contribution is 6.42. The van der Waals surface area contributed by atoms with Crippen LogP contribution in [0, 0.1) is 11.3 Å². The van der Waals surface area contributed by atoms with Crippen LogP contribution in [0.4, 0.5) is 0 Å². The van der Waals surface area contributed by atoms with E-state index < -0.39 is 0 Å². The van der Waals surface area contributed by atoms with E-state index in [1.165, 1.54) is 6.07 Å². The molecular weight excluding hydrogens is 371 g/mol. The minimum absolute atomic E-state index is 0.197. The van der Waals surface area contributed by atoms with E-state index >= 15 is 0 Å². The van der Waals surface area contributed by atoms with Gasteiger partial charge in [0.25, 0.3) is 5.91 Å². The van der Waals surface area contributed by atoms with Crippen LogP contribution in [-0.2, 0) is 4.79 Å². The van der Waals surface area contributed by atoms with Crippen LogP contribution in [0.2, 0.25) is 15.1 Å². The molecule has 0 aliphatic heterocycles. The Morgan fingerprint density at radius 3 is 2.54 bits per heavy atom. The van der Waals surface area contributed by atoms with Crippen molar-refractivity contribution < 1.29 is 9.53 Å². The number of carbonyl (C=O) groups is 1. The van der Waals surface area contributed by atoms with Crippen molar-refractivity contribution in [1.29, 1.82) is 5.26 Å². The van der Waals surface area contributed by atoms with Gasteiger partial charge in [-0.15, -0.1) is 0 Å². The molecule has 0 aliphatic carbocycles. The highest BCUT2D eigenvalue weighted by Crippen LogP contribution is 2.26. The van der Waals surface area contributed by atoms with Crippen molar-refractivity contribution in [3.63, 3.8) is 0 Å². The third-order valence-electron chi connectivity index (χ3n) is 3.24. The predicted molar refractivity (Wildman–Crippen MR) is 94.7 cm³/mol. The zero-order valence-corrected chi connectivity index (χ0v) is 14.9. The summed E-state index contributed by atoms with van der Waals surface area (Å²) in [5, 5.41) is 12.7. The molecule has 0 fully saturated rings. The molecule has 7 heteroatoms. The number of nitriles is 1. The van der Waals surface area contributed by atoms with Crippen LogP contribution in [0.15, 0.2) is 36.4 Å². The smallest absolute Gasteiger partial charge is 0.258 e. The van der Waals surface area contributed by atoms with Crippen molar-refractivity contribution in [3.8, 4) is 11.8 Å². The van der Waals surface area contributed by atoms with Crippen LogP contribution in [0.1, 0.15) is 24.1 Å². The van der Waals surface area contributed by atoms with Crippen LogP contribution < -0.4 is 10.1 Å². The number of nitrogens with one attached hydrogen (secondary N) is 1. The molecule has 0 bridgehead atoms. The van der Waals surface area contributed by atoms with E-state index in [-0.39, 0.29) is 23.6 Å². The summed E-state index contributed by atoms with van der Waals surface area (Å²) < 4.78 is 5.38. The van der Waals surface area contributed by atoms with Gasteiger partial charge in [-0.3, -0.25) is 4.79 Å². The predicted octanol–water partition coefficient (Wildman–Crippen LogP) is 4.77. The number of nitrogens with zero attached hydrogens (tertiary/aromatic N) is 1. The van der Waals surface area contributed by atoms with Gasteiger partial charge in [0.1, 0.15) is 5.75 Å². The summed E-state index contributed by atoms with van der Waals surface area (Å²) in [7, 11) is 0. The van der Waals surface area contributed by atoms with Crippen molar-refractivity contribution in [2.45, 2.75) is 13.0 Å². The van der Waals surface area contributed by atoms with Gasteiger partial charge in [-0.1, -0.05) is 40.9 Å². The number of amides is 1. The van der Waals surface area contributed by atoms with Crippen molar-refractivity contribution in [2.75, 3.05) is 6.61 Å². The van der Waals surface area contributed by atoms with Gasteiger partial charge in [0, 0.05) is 0 Å². The van der Waals surface area contributed by atoms with Gasteiger partial charge in [0.05, 0.1) is 32.7 Å². The Morgan fingerprint density at radius 2 is 1.92 bits per heavy atom. The van der Waals surface area contributed by atoms with E-state index in [9.17, 15) is 4.79 Å². The molecule has 1 amide bonds. The molecule has 24 heavy (non-hydrogen) atoms. The molecule has 124 valence electrons. The van der Waals surface area contributed by atoms with E-state index in [2.05, 4.69) is 5.32 Å². The number of carbonyl (C=O) groups excluding carboxylic acids is 1. The summed E-state index contributed by atoms with van der Waals surface area (Å²) in [6.07, 6.45) is 0. The Balaban J connectivity index is 1.93. The molecule has 0 aromatic heterocycles. The molecule has 1 atom stereocenters. The van der Waals surface area contributed by atoms with Crippen LogP contribution in [0.5, 0.6) is 5.75 Å². The molecule has 0 saturated carbocycles. The highest BCUT2D eigenvalue weighted by atomic mass is 35.5. The number of hydrogen-bond acceptors (Lipinski definition) is 3. The maximum atomic E-state index is 12.0. The van der Waals surface area contributed by atoms with E-state index in [1.54, 1.807) is 30.3 Å². The molecule has 0 spiro atoms. The van der Waals surface area contributed by atoms with Crippen molar-refractivity contribution >= 4 is 40.7 Å². The average Bonchev–Trinajstić information content (AvgIpc) is 2.56. The first kappa shape index (κ1) is 18.4. The number of benzene rings is 2. The molecule has 1 unspecified atom stereocenters. The lowest BCUT2D eigenvalue weighted by molar-refractivity contribution is -0.123. The molecule has 4 nitrogen and oxygen atoms in total. The van der Waals surface area contributed by atoms with Crippen molar-refractivity contribution in [3.05, 3.63) is 62.6 Å². The lowest BCUT2D eigenvalue weighted by Gasteiger charge is -2.15. The largest absolute Gasteiger partial charge is 0.482 e. The van der Waals surface area contributed by atoms with Crippen LogP contribution in [0.3, 0.4) is 0 Å². The van der Waals surface area contributed by atoms with Gasteiger partial charge >= 0.3 is 0 Å². The maximum absolute atomic E-state index is 12.0. The molecule has 0 heterocycles. The summed E-state index contributed by atoms with van der Waals surface area (Å²) in [6, 6.07) is 11.5. The fraction of sp³-hybridized carbons (Fsp3) is 0.176. The minimum Gasteiger partial charge on any atom is -0.482 e. The normalized spacial score (nSPS) is 11.5. The first-order chi connectivity index (χ1) is 11.4. The Bertz CT molecular complexity index is 803. The standard InChI is InChI=1S/C17H13Cl3N2O2/c1-10(12-3-4-13(18)14(19)7-12)22-17(23)9-24-16-5-2-11(8-21)6-15(16)20/h2-7,10H,9H2,1H3,(H,22,23). The monoisotopic (exact) mass is 382 g/mol. The quantitative estimate of drug-likeness (QED) is 0.808. The minimum atomic E-state index is -0.311. The summed E-state index contributed by atoms with van der Waals surface area (Å²) in [4.78, 5) is 12.0. The molecule has 2 rings (SSSR count). The van der Waals surface area contributed by atoms with Crippen LogP contribution in [0.25, 0.3) is 0 Å². The Kier molecular flexibility index (Phi) is 6.33. The van der Waals surface area contributed by atoms with Gasteiger partial charge in [0.15, 0.2) is 6.61 Å². The first-order valence-electron chi connectivity index (χ1n) is 6.97. The number of halogens is 3. The van der Waals surface area contributed by atoms with E-state index in [0.717, 1.165) is 5.56 Å². The summed E-state index contributed by atoms with van der Waals surface area (Å²) in [5.41, 5.74) is 1.25. The summed E-state index contributed by atoms with van der Waals surface area (Å²) in [6.45, 7) is 1.63. The second kappa shape index (κ2) is 8.25. The number of hydrogen-bond donors (Lipinski definition) is 1. The molecule has 2 aromatic rings. The Morgan fingerprint density at radius 1 is 1.17 bits per heavy atom. The summed E-state index contributed by atoms with van der Waals surface area (Å²) in [5.74, 6) is 0.0296. The molecule has 0 radical (unpaired) electrons. The third-order valence-corrected chi connectivity index (χ3v) is 4.28. The second-order valence-corrected chi connectivity index (χ2v) is 6.23. The first-order valence-corrected chi connectivity index (χ1v) is 8.11. The zero-order chi connectivity index (χ0) is 17.7. The van der Waals surface area contributed by atoms with Crippen LogP contribution >= 0.6 is 34.8 Å². The van der Waals surface area contributed by atoms with Crippen molar-refractivity contribution in [1.82, 2.24) is 5.32 Å². The SMILES string of the molecule is CC(NC(=O)COc1ccc(C#N)cc1Cl)c1ccc(Cl)c(Cl)c1.